The van der Waals surface area contributed by atoms with Crippen LogP contribution in [-0.2, 0) is 0 Å². The van der Waals surface area contributed by atoms with E-state index in [9.17, 15) is 0 Å². The zero-order valence-corrected chi connectivity index (χ0v) is 7.39. The molecular weight excluding hydrogens is 242 g/mol. The molecule has 0 aliphatic carbocycles. The molecule has 1 aromatic rings. The van der Waals surface area contributed by atoms with Crippen LogP contribution in [0.15, 0.2) is 0 Å². The maximum atomic E-state index is 3.97. The summed E-state index contributed by atoms with van der Waals surface area (Å²) in [5.41, 5.74) is 0. The highest BCUT2D eigenvalue weighted by atomic mass is 127. The highest BCUT2D eigenvalue weighted by Crippen LogP contribution is 1.97. The summed E-state index contributed by atoms with van der Waals surface area (Å²) in [6.07, 6.45) is 0. The first-order valence-corrected chi connectivity index (χ1v) is 3.96. The molecule has 0 aromatic carbocycles. The van der Waals surface area contributed by atoms with Crippen LogP contribution in [0.5, 0.6) is 0 Å². The van der Waals surface area contributed by atoms with E-state index < -0.39 is 0 Å². The maximum absolute atomic E-state index is 3.97. The average molecular weight is 244 g/mol. The summed E-state index contributed by atoms with van der Waals surface area (Å²) in [5.74, 6) is 0. The summed E-state index contributed by atoms with van der Waals surface area (Å²) in [7, 11) is 2.49. The van der Waals surface area contributed by atoms with Crippen LogP contribution in [-0.4, -0.2) is 9.36 Å². The minimum atomic E-state index is 0.826. The Morgan fingerprint density at radius 2 is 2.43 bits per heavy atom. The van der Waals surface area contributed by atoms with Crippen LogP contribution in [0.3, 0.4) is 0 Å². The predicted octanol–water partition coefficient (Wildman–Crippen LogP) is 0.643. The van der Waals surface area contributed by atoms with Gasteiger partial charge in [-0.1, -0.05) is 9.24 Å². The number of aromatic nitrogens is 2. The Hall–Kier alpha value is 0.720. The van der Waals surface area contributed by atoms with Crippen LogP contribution in [0.1, 0.15) is 0 Å². The quantitative estimate of drug-likeness (QED) is 0.494. The van der Waals surface area contributed by atoms with Gasteiger partial charge in [-0.25, -0.2) is 4.98 Å². The van der Waals surface area contributed by atoms with Gasteiger partial charge in [-0.05, 0) is 11.5 Å². The number of hydrogen-bond donors (Lipinski definition) is 0. The van der Waals surface area contributed by atoms with E-state index in [1.54, 1.807) is 0 Å². The first kappa shape index (κ1) is 5.85. The molecule has 7 heavy (non-hydrogen) atoms. The van der Waals surface area contributed by atoms with E-state index in [1.807, 2.05) is 0 Å². The van der Waals surface area contributed by atoms with Gasteiger partial charge in [-0.2, -0.15) is 4.37 Å². The fourth-order valence-electron chi connectivity index (χ4n) is 0.216. The summed E-state index contributed by atoms with van der Waals surface area (Å²) in [4.78, 5) is 3.97. The standard InChI is InChI=1S/C2H2IN2PS/c3-1-4-2(6)7-5-1/h6H2. The molecule has 0 radical (unpaired) electrons. The van der Waals surface area contributed by atoms with Crippen molar-refractivity contribution in [2.24, 2.45) is 0 Å². The van der Waals surface area contributed by atoms with Gasteiger partial charge in [-0.15, -0.1) is 0 Å². The van der Waals surface area contributed by atoms with E-state index in [0.717, 1.165) is 8.58 Å². The van der Waals surface area contributed by atoms with Crippen molar-refractivity contribution in [3.8, 4) is 0 Å². The molecule has 1 heterocycles. The highest BCUT2D eigenvalue weighted by molar-refractivity contribution is 14.1. The fraction of sp³-hybridized carbons (Fsp3) is 0. The molecular formula is C2H2IN2PS. The SMILES string of the molecule is Pc1nc(I)ns1. The first-order chi connectivity index (χ1) is 3.29. The number of nitrogens with zero attached hydrogens (tertiary/aromatic N) is 2. The minimum Gasteiger partial charge on any atom is -0.211 e. The van der Waals surface area contributed by atoms with E-state index in [-0.39, 0.29) is 0 Å². The minimum absolute atomic E-state index is 0.826. The van der Waals surface area contributed by atoms with Gasteiger partial charge in [0.15, 0.2) is 0 Å². The lowest BCUT2D eigenvalue weighted by Gasteiger charge is -1.65. The van der Waals surface area contributed by atoms with E-state index >= 15 is 0 Å². The van der Waals surface area contributed by atoms with Crippen LogP contribution in [0.2, 0.25) is 0 Å². The topological polar surface area (TPSA) is 25.8 Å². The van der Waals surface area contributed by atoms with Gasteiger partial charge in [0, 0.05) is 22.6 Å². The van der Waals surface area contributed by atoms with Crippen LogP contribution in [0.25, 0.3) is 0 Å². The second kappa shape index (κ2) is 2.33. The summed E-state index contributed by atoms with van der Waals surface area (Å²) >= 11 is 3.47. The fourth-order valence-corrected chi connectivity index (χ4v) is 1.82. The molecule has 0 fully saturated rings. The van der Waals surface area contributed by atoms with E-state index in [0.29, 0.717) is 0 Å². The van der Waals surface area contributed by atoms with Crippen molar-refractivity contribution in [1.29, 1.82) is 0 Å². The molecule has 0 spiro atoms. The molecule has 0 saturated carbocycles. The zero-order valence-electron chi connectivity index (χ0n) is 3.26. The molecule has 1 aromatic heterocycles. The Morgan fingerprint density at radius 1 is 1.71 bits per heavy atom. The zero-order chi connectivity index (χ0) is 5.28. The van der Waals surface area contributed by atoms with Gasteiger partial charge >= 0.3 is 0 Å². The smallest absolute Gasteiger partial charge is 0.203 e. The number of rotatable bonds is 0. The summed E-state index contributed by atoms with van der Waals surface area (Å²) in [6, 6.07) is 0. The van der Waals surface area contributed by atoms with Gasteiger partial charge in [0.25, 0.3) is 0 Å². The Morgan fingerprint density at radius 3 is 2.57 bits per heavy atom. The molecule has 1 rings (SSSR count). The Balaban J connectivity index is 3.04. The lowest BCUT2D eigenvalue weighted by Crippen LogP contribution is -1.83. The van der Waals surface area contributed by atoms with Gasteiger partial charge in [0.05, 0.1) is 0 Å². The molecule has 0 amide bonds. The molecule has 0 bridgehead atoms. The van der Waals surface area contributed by atoms with Gasteiger partial charge in [-0.3, -0.25) is 0 Å². The number of halogens is 1. The van der Waals surface area contributed by atoms with Crippen molar-refractivity contribution in [1.82, 2.24) is 9.36 Å². The van der Waals surface area contributed by atoms with E-state index in [4.69, 9.17) is 0 Å². The first-order valence-electron chi connectivity index (χ1n) is 1.54. The van der Waals surface area contributed by atoms with E-state index in [2.05, 4.69) is 41.2 Å². The molecule has 0 saturated heterocycles. The lowest BCUT2D eigenvalue weighted by atomic mass is 11.3. The largest absolute Gasteiger partial charge is 0.211 e. The molecule has 1 unspecified atom stereocenters. The molecule has 1 atom stereocenters. The summed E-state index contributed by atoms with van der Waals surface area (Å²) < 4.78 is 5.69. The maximum Gasteiger partial charge on any atom is 0.203 e. The average Bonchev–Trinajstić information content (AvgIpc) is 1.87. The molecule has 0 aliphatic rings. The van der Waals surface area contributed by atoms with Crippen LogP contribution >= 0.6 is 43.4 Å². The molecule has 0 N–H and O–H groups in total. The summed E-state index contributed by atoms with van der Waals surface area (Å²) in [5, 5.41) is 0. The van der Waals surface area contributed by atoms with Crippen molar-refractivity contribution in [3.63, 3.8) is 0 Å². The third kappa shape index (κ3) is 1.58. The van der Waals surface area contributed by atoms with Crippen molar-refractivity contribution < 1.29 is 0 Å². The lowest BCUT2D eigenvalue weighted by molar-refractivity contribution is 1.28. The molecule has 38 valence electrons. The van der Waals surface area contributed by atoms with Crippen molar-refractivity contribution in [2.75, 3.05) is 0 Å². The Labute approximate surface area is 61.2 Å². The van der Waals surface area contributed by atoms with Crippen LogP contribution in [0.4, 0.5) is 0 Å². The third-order valence-corrected chi connectivity index (χ3v) is 2.21. The second-order valence-electron chi connectivity index (χ2n) is 0.902. The van der Waals surface area contributed by atoms with Crippen molar-refractivity contribution >= 4 is 48.1 Å². The van der Waals surface area contributed by atoms with E-state index in [1.165, 1.54) is 11.5 Å². The third-order valence-electron chi connectivity index (χ3n) is 0.417. The van der Waals surface area contributed by atoms with Crippen molar-refractivity contribution in [3.05, 3.63) is 3.83 Å². The second-order valence-corrected chi connectivity index (χ2v) is 3.62. The predicted molar refractivity (Wildman–Crippen MR) is 42.0 cm³/mol. The molecule has 2 nitrogen and oxygen atoms in total. The molecule has 0 aliphatic heterocycles. The van der Waals surface area contributed by atoms with Crippen LogP contribution < -0.4 is 4.75 Å². The Bertz CT molecular complexity index is 148. The van der Waals surface area contributed by atoms with Gasteiger partial charge in [0.1, 0.15) is 4.75 Å². The molecule has 5 heteroatoms. The normalized spacial score (nSPS) is 9.43. The summed E-state index contributed by atoms with van der Waals surface area (Å²) in [6.45, 7) is 0. The Kier molecular flexibility index (Phi) is 1.94. The van der Waals surface area contributed by atoms with Crippen molar-refractivity contribution in [2.45, 2.75) is 0 Å². The van der Waals surface area contributed by atoms with Gasteiger partial charge < -0.3 is 0 Å². The highest BCUT2D eigenvalue weighted by Gasteiger charge is 1.90. The van der Waals surface area contributed by atoms with Gasteiger partial charge in [0.2, 0.25) is 3.83 Å². The number of hydrogen-bond acceptors (Lipinski definition) is 3. The monoisotopic (exact) mass is 244 g/mol. The van der Waals surface area contributed by atoms with Crippen LogP contribution in [0, 0.1) is 3.83 Å².